The second-order valence-electron chi connectivity index (χ2n) is 5.84. The average Bonchev–Trinajstić information content (AvgIpc) is 2.46. The summed E-state index contributed by atoms with van der Waals surface area (Å²) in [5, 5.41) is 3.20. The van der Waals surface area contributed by atoms with Gasteiger partial charge in [0.2, 0.25) is 0 Å². The van der Waals surface area contributed by atoms with Crippen molar-refractivity contribution in [3.8, 4) is 0 Å². The van der Waals surface area contributed by atoms with Gasteiger partial charge in [-0.25, -0.2) is 9.18 Å². The van der Waals surface area contributed by atoms with Crippen LogP contribution in [0.25, 0.3) is 0 Å². The lowest BCUT2D eigenvalue weighted by Gasteiger charge is -2.42. The molecule has 21 heavy (non-hydrogen) atoms. The molecule has 1 aromatic carbocycles. The van der Waals surface area contributed by atoms with Crippen LogP contribution in [0.1, 0.15) is 26.7 Å². The number of anilines is 1. The van der Waals surface area contributed by atoms with Crippen molar-refractivity contribution < 1.29 is 13.9 Å². The number of esters is 1. The van der Waals surface area contributed by atoms with Crippen LogP contribution < -0.4 is 5.32 Å². The maximum absolute atomic E-state index is 13.3. The number of piperidine rings is 1. The number of rotatable bonds is 4. The first-order chi connectivity index (χ1) is 9.97. The second kappa shape index (κ2) is 6.43. The van der Waals surface area contributed by atoms with Gasteiger partial charge in [-0.15, -0.1) is 0 Å². The van der Waals surface area contributed by atoms with E-state index < -0.39 is 5.54 Å². The first-order valence-corrected chi connectivity index (χ1v) is 7.33. The van der Waals surface area contributed by atoms with Gasteiger partial charge in [0.15, 0.2) is 0 Å². The number of carbonyl (C=O) groups is 1. The molecule has 0 radical (unpaired) electrons. The van der Waals surface area contributed by atoms with Gasteiger partial charge >= 0.3 is 5.97 Å². The Morgan fingerprint density at radius 3 is 2.57 bits per heavy atom. The lowest BCUT2D eigenvalue weighted by molar-refractivity contribution is -0.148. The number of carbonyl (C=O) groups excluding carboxylic acids is 1. The Bertz CT molecular complexity index is 497. The van der Waals surface area contributed by atoms with Gasteiger partial charge in [-0.2, -0.15) is 0 Å². The van der Waals surface area contributed by atoms with Crippen LogP contribution in [0.2, 0.25) is 0 Å². The monoisotopic (exact) mass is 294 g/mol. The molecule has 0 amide bonds. The Morgan fingerprint density at radius 1 is 1.38 bits per heavy atom. The Labute approximate surface area is 125 Å². The number of nitrogens with one attached hydrogen (secondary N) is 1. The van der Waals surface area contributed by atoms with E-state index in [1.54, 1.807) is 12.1 Å². The number of benzene rings is 1. The fraction of sp³-hybridized carbons (Fsp3) is 0.562. The molecule has 0 bridgehead atoms. The largest absolute Gasteiger partial charge is 0.467 e. The molecule has 1 fully saturated rings. The summed E-state index contributed by atoms with van der Waals surface area (Å²) in [5.74, 6) is -0.602. The highest BCUT2D eigenvalue weighted by atomic mass is 19.1. The van der Waals surface area contributed by atoms with E-state index in [2.05, 4.69) is 24.1 Å². The number of hydrogen-bond donors (Lipinski definition) is 1. The van der Waals surface area contributed by atoms with Crippen LogP contribution in [-0.4, -0.2) is 42.6 Å². The van der Waals surface area contributed by atoms with Crippen molar-refractivity contribution in [2.24, 2.45) is 0 Å². The van der Waals surface area contributed by atoms with Crippen molar-refractivity contribution in [1.82, 2.24) is 4.90 Å². The van der Waals surface area contributed by atoms with Gasteiger partial charge in [0.25, 0.3) is 0 Å². The highest BCUT2D eigenvalue weighted by Crippen LogP contribution is 2.29. The Morgan fingerprint density at radius 2 is 2.05 bits per heavy atom. The minimum atomic E-state index is -0.770. The summed E-state index contributed by atoms with van der Waals surface area (Å²) < 4.78 is 18.3. The second-order valence-corrected chi connectivity index (χ2v) is 5.84. The van der Waals surface area contributed by atoms with Gasteiger partial charge in [-0.3, -0.25) is 0 Å². The third-order valence-corrected chi connectivity index (χ3v) is 4.17. The first-order valence-electron chi connectivity index (χ1n) is 7.33. The number of likely N-dealkylation sites (tertiary alicyclic amines) is 1. The summed E-state index contributed by atoms with van der Waals surface area (Å²) in [6.45, 7) is 5.92. The molecule has 2 rings (SSSR count). The van der Waals surface area contributed by atoms with Crippen molar-refractivity contribution in [3.63, 3.8) is 0 Å². The molecule has 0 aromatic heterocycles. The van der Waals surface area contributed by atoms with E-state index in [4.69, 9.17) is 4.74 Å². The van der Waals surface area contributed by atoms with Crippen molar-refractivity contribution in [2.45, 2.75) is 38.3 Å². The molecule has 0 atom stereocenters. The Kier molecular flexibility index (Phi) is 4.83. The molecule has 4 nitrogen and oxygen atoms in total. The summed E-state index contributed by atoms with van der Waals surface area (Å²) in [4.78, 5) is 14.6. The van der Waals surface area contributed by atoms with Crippen LogP contribution in [0.4, 0.5) is 10.1 Å². The van der Waals surface area contributed by atoms with Gasteiger partial charge in [0.05, 0.1) is 7.11 Å². The van der Waals surface area contributed by atoms with E-state index in [9.17, 15) is 9.18 Å². The lowest BCUT2D eigenvalue weighted by Crippen LogP contribution is -2.56. The molecule has 1 aromatic rings. The average molecular weight is 294 g/mol. The molecule has 0 spiro atoms. The van der Waals surface area contributed by atoms with Crippen LogP contribution in [-0.2, 0) is 9.53 Å². The maximum Gasteiger partial charge on any atom is 0.331 e. The molecule has 1 aliphatic heterocycles. The quantitative estimate of drug-likeness (QED) is 0.867. The minimum Gasteiger partial charge on any atom is -0.467 e. The summed E-state index contributed by atoms with van der Waals surface area (Å²) in [6, 6.07) is 6.64. The van der Waals surface area contributed by atoms with Crippen molar-refractivity contribution >= 4 is 11.7 Å². The number of methoxy groups -OCH3 is 1. The number of nitrogens with zero attached hydrogens (tertiary/aromatic N) is 1. The zero-order valence-electron chi connectivity index (χ0n) is 12.9. The van der Waals surface area contributed by atoms with Gasteiger partial charge in [0.1, 0.15) is 11.4 Å². The molecule has 0 unspecified atom stereocenters. The first kappa shape index (κ1) is 15.8. The maximum atomic E-state index is 13.3. The Balaban J connectivity index is 2.17. The highest BCUT2D eigenvalue weighted by Gasteiger charge is 2.42. The molecule has 1 N–H and O–H groups in total. The highest BCUT2D eigenvalue weighted by molar-refractivity contribution is 5.84. The van der Waals surface area contributed by atoms with Gasteiger partial charge < -0.3 is 15.0 Å². The zero-order chi connectivity index (χ0) is 15.5. The number of hydrogen-bond acceptors (Lipinski definition) is 4. The van der Waals surface area contributed by atoms with E-state index in [-0.39, 0.29) is 11.8 Å². The predicted octanol–water partition coefficient (Wildman–Crippen LogP) is 2.65. The molecule has 1 heterocycles. The molecule has 116 valence electrons. The minimum absolute atomic E-state index is 0.282. The number of ether oxygens (including phenoxy) is 1. The van der Waals surface area contributed by atoms with Crippen molar-refractivity contribution in [1.29, 1.82) is 0 Å². The van der Waals surface area contributed by atoms with Gasteiger partial charge in [0, 0.05) is 24.8 Å². The van der Waals surface area contributed by atoms with E-state index in [0.717, 1.165) is 13.1 Å². The van der Waals surface area contributed by atoms with E-state index in [1.165, 1.54) is 19.2 Å². The summed E-state index contributed by atoms with van der Waals surface area (Å²) in [6.07, 6.45) is 1.29. The van der Waals surface area contributed by atoms with E-state index >= 15 is 0 Å². The van der Waals surface area contributed by atoms with Crippen LogP contribution in [0.15, 0.2) is 24.3 Å². The molecule has 1 aliphatic rings. The Hall–Kier alpha value is -1.62. The van der Waals surface area contributed by atoms with Gasteiger partial charge in [-0.1, -0.05) is 6.07 Å². The normalized spacial score (nSPS) is 18.5. The summed E-state index contributed by atoms with van der Waals surface area (Å²) >= 11 is 0. The molecule has 5 heteroatoms. The zero-order valence-corrected chi connectivity index (χ0v) is 12.9. The molecule has 0 saturated carbocycles. The lowest BCUT2D eigenvalue weighted by atomic mass is 9.86. The van der Waals surface area contributed by atoms with E-state index in [0.29, 0.717) is 24.6 Å². The van der Waals surface area contributed by atoms with Crippen LogP contribution in [0.5, 0.6) is 0 Å². The summed E-state index contributed by atoms with van der Waals surface area (Å²) in [7, 11) is 1.40. The van der Waals surface area contributed by atoms with Gasteiger partial charge in [-0.05, 0) is 44.9 Å². The summed E-state index contributed by atoms with van der Waals surface area (Å²) in [5.41, 5.74) is -0.160. The molecule has 1 saturated heterocycles. The third kappa shape index (κ3) is 3.53. The fourth-order valence-corrected chi connectivity index (χ4v) is 2.84. The van der Waals surface area contributed by atoms with Crippen LogP contribution >= 0.6 is 0 Å². The molecular formula is C16H23FN2O2. The standard InChI is InChI=1S/C16H23FN2O2/c1-12(2)19-9-7-16(8-10-19,15(20)21-3)18-14-6-4-5-13(17)11-14/h4-6,11-12,18H,7-10H2,1-3H3. The topological polar surface area (TPSA) is 41.6 Å². The smallest absolute Gasteiger partial charge is 0.331 e. The number of halogens is 1. The molecule has 0 aliphatic carbocycles. The van der Waals surface area contributed by atoms with Crippen molar-refractivity contribution in [2.75, 3.05) is 25.5 Å². The van der Waals surface area contributed by atoms with Crippen LogP contribution in [0.3, 0.4) is 0 Å². The third-order valence-electron chi connectivity index (χ3n) is 4.17. The van der Waals surface area contributed by atoms with Crippen LogP contribution in [0, 0.1) is 5.82 Å². The van der Waals surface area contributed by atoms with E-state index in [1.807, 2.05) is 0 Å². The van der Waals surface area contributed by atoms with Crippen molar-refractivity contribution in [3.05, 3.63) is 30.1 Å². The fourth-order valence-electron chi connectivity index (χ4n) is 2.84. The molecular weight excluding hydrogens is 271 g/mol. The predicted molar refractivity (Wildman–Crippen MR) is 80.7 cm³/mol. The SMILES string of the molecule is COC(=O)C1(Nc2cccc(F)c2)CCN(C(C)C)CC1.